The van der Waals surface area contributed by atoms with Gasteiger partial charge in [-0.2, -0.15) is 4.39 Å². The van der Waals surface area contributed by atoms with E-state index in [1.165, 1.54) is 36.9 Å². The molecule has 3 aromatic rings. The molecule has 3 rings (SSSR count). The first-order valence-corrected chi connectivity index (χ1v) is 8.16. The van der Waals surface area contributed by atoms with Crippen molar-refractivity contribution in [2.75, 3.05) is 0 Å². The highest BCUT2D eigenvalue weighted by Gasteiger charge is 2.21. The summed E-state index contributed by atoms with van der Waals surface area (Å²) in [5, 5.41) is 0. The number of carbonyl (C=O) groups is 1. The molecule has 2 heterocycles. The van der Waals surface area contributed by atoms with Crippen LogP contribution < -0.4 is 0 Å². The number of hydrogen-bond acceptors (Lipinski definition) is 3. The first-order valence-electron chi connectivity index (χ1n) is 8.16. The molecule has 1 N–H and O–H groups in total. The van der Waals surface area contributed by atoms with Crippen molar-refractivity contribution in [1.29, 1.82) is 0 Å². The van der Waals surface area contributed by atoms with Crippen molar-refractivity contribution in [3.63, 3.8) is 0 Å². The van der Waals surface area contributed by atoms with Gasteiger partial charge in [-0.25, -0.2) is 14.4 Å². The number of aromatic nitrogens is 3. The Balaban J connectivity index is 1.90. The molecule has 1 amide bonds. The van der Waals surface area contributed by atoms with Crippen molar-refractivity contribution in [2.45, 2.75) is 26.4 Å². The summed E-state index contributed by atoms with van der Waals surface area (Å²) < 4.78 is 27.2. The number of aromatic amines is 1. The minimum Gasteiger partial charge on any atom is -0.350 e. The molecule has 0 saturated carbocycles. The van der Waals surface area contributed by atoms with E-state index in [9.17, 15) is 13.6 Å². The molecule has 0 saturated heterocycles. The van der Waals surface area contributed by atoms with Crippen LogP contribution in [0.3, 0.4) is 0 Å². The summed E-state index contributed by atoms with van der Waals surface area (Å²) in [6.07, 6.45) is 4.27. The number of benzene rings is 1. The Morgan fingerprint density at radius 3 is 2.62 bits per heavy atom. The summed E-state index contributed by atoms with van der Waals surface area (Å²) in [5.74, 6) is -1.27. The normalized spacial score (nSPS) is 11.0. The number of carbonyl (C=O) groups excluding carboxylic acids is 1. The van der Waals surface area contributed by atoms with E-state index in [0.29, 0.717) is 23.4 Å². The van der Waals surface area contributed by atoms with Crippen molar-refractivity contribution in [2.24, 2.45) is 0 Å². The van der Waals surface area contributed by atoms with Gasteiger partial charge in [-0.05, 0) is 43.7 Å². The fraction of sp³-hybridized carbons (Fsp3) is 0.211. The molecule has 0 fully saturated rings. The van der Waals surface area contributed by atoms with E-state index in [-0.39, 0.29) is 11.9 Å². The maximum Gasteiger partial charge on any atom is 0.274 e. The number of nitrogens with zero attached hydrogens (tertiary/aromatic N) is 3. The molecule has 0 bridgehead atoms. The van der Waals surface area contributed by atoms with E-state index >= 15 is 0 Å². The van der Waals surface area contributed by atoms with E-state index in [2.05, 4.69) is 15.0 Å². The van der Waals surface area contributed by atoms with Crippen molar-refractivity contribution in [3.05, 3.63) is 72.1 Å². The third-order valence-corrected chi connectivity index (χ3v) is 4.02. The fourth-order valence-electron chi connectivity index (χ4n) is 2.64. The van der Waals surface area contributed by atoms with Gasteiger partial charge in [-0.15, -0.1) is 0 Å². The van der Waals surface area contributed by atoms with Gasteiger partial charge in [0.2, 0.25) is 5.95 Å². The molecule has 7 heteroatoms. The lowest BCUT2D eigenvalue weighted by molar-refractivity contribution is 0.0685. The van der Waals surface area contributed by atoms with Gasteiger partial charge in [0.05, 0.1) is 6.33 Å². The average Bonchev–Trinajstić information content (AvgIpc) is 3.15. The second-order valence-corrected chi connectivity index (χ2v) is 6.17. The number of amides is 1. The first-order chi connectivity index (χ1) is 12.5. The minimum absolute atomic E-state index is 0.0693. The van der Waals surface area contributed by atoms with Crippen LogP contribution in [0.5, 0.6) is 0 Å². The lowest BCUT2D eigenvalue weighted by Gasteiger charge is -2.26. The van der Waals surface area contributed by atoms with Crippen molar-refractivity contribution in [3.8, 4) is 11.1 Å². The number of H-pyrrole nitrogens is 1. The summed E-state index contributed by atoms with van der Waals surface area (Å²) in [6, 6.07) is 7.20. The second-order valence-electron chi connectivity index (χ2n) is 6.17. The lowest BCUT2D eigenvalue weighted by atomic mass is 10.0. The van der Waals surface area contributed by atoms with Crippen molar-refractivity contribution >= 4 is 5.91 Å². The van der Waals surface area contributed by atoms with E-state index < -0.39 is 11.8 Å². The molecule has 0 spiro atoms. The Bertz CT molecular complexity index is 892. The Labute approximate surface area is 149 Å². The van der Waals surface area contributed by atoms with E-state index in [0.717, 1.165) is 5.56 Å². The molecule has 134 valence electrons. The van der Waals surface area contributed by atoms with Crippen LogP contribution in [0.1, 0.15) is 29.9 Å². The Kier molecular flexibility index (Phi) is 5.06. The van der Waals surface area contributed by atoms with Crippen LogP contribution in [0, 0.1) is 11.8 Å². The highest BCUT2D eigenvalue weighted by atomic mass is 19.1. The van der Waals surface area contributed by atoms with Crippen LogP contribution in [-0.4, -0.2) is 31.8 Å². The quantitative estimate of drug-likeness (QED) is 0.707. The minimum atomic E-state index is -0.624. The molecule has 2 aromatic heterocycles. The van der Waals surface area contributed by atoms with Crippen LogP contribution >= 0.6 is 0 Å². The van der Waals surface area contributed by atoms with Crippen LogP contribution in [0.25, 0.3) is 11.1 Å². The summed E-state index contributed by atoms with van der Waals surface area (Å²) in [7, 11) is 0. The highest BCUT2D eigenvalue weighted by molar-refractivity contribution is 5.92. The number of halogens is 2. The van der Waals surface area contributed by atoms with Crippen LogP contribution in [0.15, 0.2) is 49.1 Å². The van der Waals surface area contributed by atoms with Crippen LogP contribution in [0.4, 0.5) is 8.78 Å². The first kappa shape index (κ1) is 17.7. The number of hydrogen-bond donors (Lipinski definition) is 1. The molecule has 0 aliphatic carbocycles. The lowest BCUT2D eigenvalue weighted by Crippen LogP contribution is -2.36. The summed E-state index contributed by atoms with van der Waals surface area (Å²) in [6.45, 7) is 4.10. The predicted molar refractivity (Wildman–Crippen MR) is 93.2 cm³/mol. The molecule has 0 aliphatic heterocycles. The molecule has 1 aromatic carbocycles. The maximum atomic E-state index is 14.2. The van der Waals surface area contributed by atoms with Gasteiger partial charge < -0.3 is 9.88 Å². The smallest absolute Gasteiger partial charge is 0.274 e. The SMILES string of the molecule is CC(C)N(Cc1ccc(F)c(-c2ccc(F)nc2)c1)C(=O)c1c[nH]cn1. The van der Waals surface area contributed by atoms with Gasteiger partial charge in [0.1, 0.15) is 11.5 Å². The highest BCUT2D eigenvalue weighted by Crippen LogP contribution is 2.24. The monoisotopic (exact) mass is 356 g/mol. The second kappa shape index (κ2) is 7.43. The van der Waals surface area contributed by atoms with Crippen molar-refractivity contribution in [1.82, 2.24) is 19.9 Å². The van der Waals surface area contributed by atoms with Gasteiger partial charge in [-0.3, -0.25) is 4.79 Å². The zero-order valence-corrected chi connectivity index (χ0v) is 14.4. The number of nitrogens with one attached hydrogen (secondary N) is 1. The third-order valence-electron chi connectivity index (χ3n) is 4.02. The average molecular weight is 356 g/mol. The number of rotatable bonds is 5. The predicted octanol–water partition coefficient (Wildman–Crippen LogP) is 3.80. The molecular formula is C19H18F2N4O. The van der Waals surface area contributed by atoms with Crippen LogP contribution in [0.2, 0.25) is 0 Å². The zero-order chi connectivity index (χ0) is 18.7. The Morgan fingerprint density at radius 1 is 1.19 bits per heavy atom. The van der Waals surface area contributed by atoms with E-state index in [1.54, 1.807) is 17.0 Å². The van der Waals surface area contributed by atoms with Gasteiger partial charge >= 0.3 is 0 Å². The van der Waals surface area contributed by atoms with Gasteiger partial charge in [0, 0.05) is 36.1 Å². The summed E-state index contributed by atoms with van der Waals surface area (Å²) in [4.78, 5) is 24.6. The topological polar surface area (TPSA) is 61.9 Å². The molecule has 0 atom stereocenters. The molecule has 0 radical (unpaired) electrons. The molecular weight excluding hydrogens is 338 g/mol. The zero-order valence-electron chi connectivity index (χ0n) is 14.4. The standard InChI is InChI=1S/C19H18F2N4O/c1-12(2)25(19(26)17-9-22-11-24-17)10-13-3-5-16(20)15(7-13)14-4-6-18(21)23-8-14/h3-9,11-12H,10H2,1-2H3,(H,22,24). The molecule has 0 unspecified atom stereocenters. The molecule has 5 nitrogen and oxygen atoms in total. The fourth-order valence-corrected chi connectivity index (χ4v) is 2.64. The third kappa shape index (κ3) is 3.77. The number of pyridine rings is 1. The summed E-state index contributed by atoms with van der Waals surface area (Å²) >= 11 is 0. The van der Waals surface area contributed by atoms with Gasteiger partial charge in [0.25, 0.3) is 5.91 Å². The molecule has 26 heavy (non-hydrogen) atoms. The number of imidazole rings is 1. The largest absolute Gasteiger partial charge is 0.350 e. The van der Waals surface area contributed by atoms with E-state index in [1.807, 2.05) is 13.8 Å². The maximum absolute atomic E-state index is 14.2. The van der Waals surface area contributed by atoms with Gasteiger partial charge in [0.15, 0.2) is 0 Å². The molecule has 0 aliphatic rings. The van der Waals surface area contributed by atoms with E-state index in [4.69, 9.17) is 0 Å². The Hall–Kier alpha value is -3.09. The Morgan fingerprint density at radius 2 is 2.00 bits per heavy atom. The van der Waals surface area contributed by atoms with Gasteiger partial charge in [-0.1, -0.05) is 6.07 Å². The summed E-state index contributed by atoms with van der Waals surface area (Å²) in [5.41, 5.74) is 1.86. The van der Waals surface area contributed by atoms with Crippen molar-refractivity contribution < 1.29 is 13.6 Å². The van der Waals surface area contributed by atoms with Crippen LogP contribution in [-0.2, 0) is 6.54 Å².